The van der Waals surface area contributed by atoms with E-state index in [4.69, 9.17) is 17.3 Å². The molecule has 0 bridgehead atoms. The molecular formula is C24H35FN6OS. The third-order valence-corrected chi connectivity index (χ3v) is 7.49. The first-order valence-corrected chi connectivity index (χ1v) is 12.4. The SMILES string of the molecule is CC(c1nn(CN2CCN(C(=O)CC3CCCC3)CC2)c(=S)n1-c1ccc(F)cc1)N(C)C. The van der Waals surface area contributed by atoms with Gasteiger partial charge in [-0.2, -0.15) is 5.10 Å². The monoisotopic (exact) mass is 474 g/mol. The summed E-state index contributed by atoms with van der Waals surface area (Å²) in [6.07, 6.45) is 5.65. The zero-order chi connectivity index (χ0) is 23.5. The number of carbonyl (C=O) groups excluding carboxylic acids is 1. The second kappa shape index (κ2) is 10.4. The molecular weight excluding hydrogens is 439 g/mol. The molecule has 1 amide bonds. The summed E-state index contributed by atoms with van der Waals surface area (Å²) >= 11 is 5.81. The highest BCUT2D eigenvalue weighted by Crippen LogP contribution is 2.28. The highest BCUT2D eigenvalue weighted by Gasteiger charge is 2.26. The lowest BCUT2D eigenvalue weighted by Crippen LogP contribution is -2.49. The summed E-state index contributed by atoms with van der Waals surface area (Å²) in [5, 5.41) is 4.86. The highest BCUT2D eigenvalue weighted by molar-refractivity contribution is 7.71. The van der Waals surface area contributed by atoms with E-state index < -0.39 is 0 Å². The molecule has 1 aromatic carbocycles. The lowest BCUT2D eigenvalue weighted by Gasteiger charge is -2.35. The Kier molecular flexibility index (Phi) is 7.61. The molecule has 1 aliphatic heterocycles. The first-order valence-electron chi connectivity index (χ1n) is 12.0. The van der Waals surface area contributed by atoms with Crippen molar-refractivity contribution in [3.63, 3.8) is 0 Å². The second-order valence-corrected chi connectivity index (χ2v) is 9.95. The van der Waals surface area contributed by atoms with E-state index >= 15 is 0 Å². The van der Waals surface area contributed by atoms with Gasteiger partial charge in [0.2, 0.25) is 10.7 Å². The fraction of sp³-hybridized carbons (Fsp3) is 0.625. The normalized spacial score (nSPS) is 18.9. The summed E-state index contributed by atoms with van der Waals surface area (Å²) in [7, 11) is 4.01. The smallest absolute Gasteiger partial charge is 0.222 e. The zero-order valence-electron chi connectivity index (χ0n) is 19.9. The average molecular weight is 475 g/mol. The summed E-state index contributed by atoms with van der Waals surface area (Å²) in [6, 6.07) is 6.39. The van der Waals surface area contributed by atoms with Crippen molar-refractivity contribution in [3.8, 4) is 5.69 Å². The van der Waals surface area contributed by atoms with Crippen LogP contribution in [0.15, 0.2) is 24.3 Å². The van der Waals surface area contributed by atoms with Gasteiger partial charge < -0.3 is 4.90 Å². The molecule has 4 rings (SSSR count). The van der Waals surface area contributed by atoms with Gasteiger partial charge in [0, 0.05) is 38.3 Å². The van der Waals surface area contributed by atoms with Gasteiger partial charge in [-0.15, -0.1) is 0 Å². The lowest BCUT2D eigenvalue weighted by atomic mass is 10.0. The number of halogens is 1. The zero-order valence-corrected chi connectivity index (χ0v) is 20.7. The predicted molar refractivity (Wildman–Crippen MR) is 129 cm³/mol. The maximum Gasteiger partial charge on any atom is 0.222 e. The fourth-order valence-corrected chi connectivity index (χ4v) is 5.07. The molecule has 1 saturated carbocycles. The molecule has 180 valence electrons. The van der Waals surface area contributed by atoms with Crippen LogP contribution >= 0.6 is 12.2 Å². The van der Waals surface area contributed by atoms with Gasteiger partial charge in [-0.05, 0) is 76.3 Å². The van der Waals surface area contributed by atoms with E-state index in [2.05, 4.69) is 16.7 Å². The first kappa shape index (κ1) is 24.0. The van der Waals surface area contributed by atoms with Gasteiger partial charge in [-0.1, -0.05) is 12.8 Å². The van der Waals surface area contributed by atoms with E-state index in [1.807, 2.05) is 28.2 Å². The molecule has 9 heteroatoms. The van der Waals surface area contributed by atoms with Crippen LogP contribution in [0.4, 0.5) is 4.39 Å². The Balaban J connectivity index is 1.46. The van der Waals surface area contributed by atoms with Crippen molar-refractivity contribution in [2.75, 3.05) is 40.3 Å². The molecule has 2 heterocycles. The predicted octanol–water partition coefficient (Wildman–Crippen LogP) is 3.85. The third-order valence-electron chi connectivity index (χ3n) is 7.09. The Labute approximate surface area is 200 Å². The largest absolute Gasteiger partial charge is 0.340 e. The van der Waals surface area contributed by atoms with E-state index in [0.29, 0.717) is 29.7 Å². The second-order valence-electron chi connectivity index (χ2n) is 9.59. The minimum Gasteiger partial charge on any atom is -0.340 e. The van der Waals surface area contributed by atoms with Crippen molar-refractivity contribution < 1.29 is 9.18 Å². The lowest BCUT2D eigenvalue weighted by molar-refractivity contribution is -0.134. The number of amides is 1. The van der Waals surface area contributed by atoms with Gasteiger partial charge in [-0.25, -0.2) is 9.07 Å². The van der Waals surface area contributed by atoms with E-state index in [1.165, 1.54) is 37.8 Å². The van der Waals surface area contributed by atoms with E-state index in [-0.39, 0.29) is 11.9 Å². The van der Waals surface area contributed by atoms with Gasteiger partial charge in [-0.3, -0.25) is 19.2 Å². The summed E-state index contributed by atoms with van der Waals surface area (Å²) in [4.78, 5) is 19.1. The van der Waals surface area contributed by atoms with Crippen molar-refractivity contribution >= 4 is 18.1 Å². The summed E-state index contributed by atoms with van der Waals surface area (Å²) in [5.74, 6) is 1.43. The molecule has 33 heavy (non-hydrogen) atoms. The molecule has 7 nitrogen and oxygen atoms in total. The van der Waals surface area contributed by atoms with Crippen LogP contribution in [-0.2, 0) is 11.5 Å². The summed E-state index contributed by atoms with van der Waals surface area (Å²) in [6.45, 7) is 5.76. The van der Waals surface area contributed by atoms with E-state index in [9.17, 15) is 9.18 Å². The van der Waals surface area contributed by atoms with Gasteiger partial charge in [0.05, 0.1) is 12.7 Å². The third kappa shape index (κ3) is 5.53. The average Bonchev–Trinajstić information content (AvgIpc) is 3.42. The Bertz CT molecular complexity index is 1000. The van der Waals surface area contributed by atoms with Crippen LogP contribution in [-0.4, -0.2) is 75.2 Å². The molecule has 0 N–H and O–H groups in total. The number of hydrogen-bond donors (Lipinski definition) is 0. The maximum absolute atomic E-state index is 13.5. The van der Waals surface area contributed by atoms with Crippen LogP contribution in [0.5, 0.6) is 0 Å². The van der Waals surface area contributed by atoms with Crippen molar-refractivity contribution in [3.05, 3.63) is 40.7 Å². The quantitative estimate of drug-likeness (QED) is 0.571. The van der Waals surface area contributed by atoms with Crippen molar-refractivity contribution in [1.82, 2.24) is 29.0 Å². The minimum absolute atomic E-state index is 0.0306. The fourth-order valence-electron chi connectivity index (χ4n) is 4.77. The minimum atomic E-state index is -0.278. The van der Waals surface area contributed by atoms with Gasteiger partial charge in [0.1, 0.15) is 5.82 Å². The summed E-state index contributed by atoms with van der Waals surface area (Å²) in [5.41, 5.74) is 0.804. The Morgan fingerprint density at radius 3 is 2.39 bits per heavy atom. The van der Waals surface area contributed by atoms with Gasteiger partial charge >= 0.3 is 0 Å². The Hall–Kier alpha value is -2.10. The van der Waals surface area contributed by atoms with Gasteiger partial charge in [0.25, 0.3) is 0 Å². The number of aromatic nitrogens is 3. The van der Waals surface area contributed by atoms with Crippen molar-refractivity contribution in [2.45, 2.75) is 51.7 Å². The standard InChI is InChI=1S/C24H35FN6OS/c1-18(27(2)3)23-26-30(24(33)31(23)21-10-8-20(25)9-11-21)17-28-12-14-29(15-13-28)22(32)16-19-6-4-5-7-19/h8-11,18-19H,4-7,12-17H2,1-3H3. The number of piperazine rings is 1. The van der Waals surface area contributed by atoms with Crippen molar-refractivity contribution in [2.24, 2.45) is 5.92 Å². The molecule has 1 atom stereocenters. The molecule has 0 radical (unpaired) electrons. The van der Waals surface area contributed by atoms with Crippen LogP contribution in [0.2, 0.25) is 0 Å². The molecule has 1 unspecified atom stereocenters. The highest BCUT2D eigenvalue weighted by atomic mass is 32.1. The molecule has 2 aromatic rings. The Morgan fingerprint density at radius 2 is 1.79 bits per heavy atom. The number of rotatable bonds is 7. The molecule has 0 spiro atoms. The molecule has 1 aliphatic carbocycles. The number of hydrogen-bond acceptors (Lipinski definition) is 5. The van der Waals surface area contributed by atoms with Crippen LogP contribution in [0.3, 0.4) is 0 Å². The van der Waals surface area contributed by atoms with Crippen LogP contribution in [0.1, 0.15) is 50.9 Å². The molecule has 1 aromatic heterocycles. The van der Waals surface area contributed by atoms with E-state index in [1.54, 1.807) is 12.1 Å². The van der Waals surface area contributed by atoms with Crippen LogP contribution in [0.25, 0.3) is 5.69 Å². The number of carbonyl (C=O) groups is 1. The molecule has 1 saturated heterocycles. The van der Waals surface area contributed by atoms with Crippen LogP contribution in [0, 0.1) is 16.5 Å². The number of benzene rings is 1. The summed E-state index contributed by atoms with van der Waals surface area (Å²) < 4.78 is 17.9. The number of nitrogens with zero attached hydrogens (tertiary/aromatic N) is 6. The molecule has 2 fully saturated rings. The van der Waals surface area contributed by atoms with E-state index in [0.717, 1.165) is 37.7 Å². The Morgan fingerprint density at radius 1 is 1.15 bits per heavy atom. The molecule has 2 aliphatic rings. The topological polar surface area (TPSA) is 49.5 Å². The first-order chi connectivity index (χ1) is 15.8. The van der Waals surface area contributed by atoms with Crippen LogP contribution < -0.4 is 0 Å². The van der Waals surface area contributed by atoms with Gasteiger partial charge in [0.15, 0.2) is 5.82 Å². The van der Waals surface area contributed by atoms with Crippen molar-refractivity contribution in [1.29, 1.82) is 0 Å². The maximum atomic E-state index is 13.5.